The molecule has 1 unspecified atom stereocenters. The molecule has 4 nitrogen and oxygen atoms in total. The van der Waals surface area contributed by atoms with Crippen molar-refractivity contribution in [2.75, 3.05) is 0 Å². The van der Waals surface area contributed by atoms with E-state index in [-0.39, 0.29) is 12.3 Å². The first-order valence-electron chi connectivity index (χ1n) is 9.82. The Hall–Kier alpha value is -1.31. The number of aliphatic carboxylic acids is 1. The SMILES string of the molecule is O=C(O)CC/C=C1/C[C@H]2[C@H](C#CC(O)CC3CCCC3)[C@@H](O)CC[C@@H]12. The molecule has 138 valence electrons. The summed E-state index contributed by atoms with van der Waals surface area (Å²) >= 11 is 0. The number of carboxylic acids is 1. The van der Waals surface area contributed by atoms with Gasteiger partial charge in [-0.3, -0.25) is 4.79 Å². The molecule has 0 bridgehead atoms. The summed E-state index contributed by atoms with van der Waals surface area (Å²) in [5.41, 5.74) is 1.34. The van der Waals surface area contributed by atoms with Gasteiger partial charge in [0, 0.05) is 6.42 Å². The molecular formula is C21H30O4. The lowest BCUT2D eigenvalue weighted by atomic mass is 9.57. The standard InChI is InChI=1S/C21H30O4/c22-16(12-14-4-1-2-5-14)8-9-18-19-13-15(6-3-7-21(24)25)17(19)10-11-20(18)23/h6,14,16-20,22-23H,1-5,7,10-13H2,(H,24,25)/b15-6-/t16?,17-,18-,19+,20-/m0/s1. The zero-order chi connectivity index (χ0) is 17.8. The highest BCUT2D eigenvalue weighted by molar-refractivity contribution is 5.66. The normalized spacial score (nSPS) is 34.7. The van der Waals surface area contributed by atoms with Crippen LogP contribution in [0.2, 0.25) is 0 Å². The average Bonchev–Trinajstić information content (AvgIpc) is 3.04. The van der Waals surface area contributed by atoms with Crippen molar-refractivity contribution in [1.82, 2.24) is 0 Å². The van der Waals surface area contributed by atoms with Crippen LogP contribution in [0.5, 0.6) is 0 Å². The van der Waals surface area contributed by atoms with E-state index in [0.717, 1.165) is 25.7 Å². The maximum absolute atomic E-state index is 10.6. The number of hydrogen-bond donors (Lipinski definition) is 3. The van der Waals surface area contributed by atoms with Gasteiger partial charge >= 0.3 is 5.97 Å². The Balaban J connectivity index is 1.55. The summed E-state index contributed by atoms with van der Waals surface area (Å²) in [5, 5.41) is 29.3. The molecule has 0 radical (unpaired) electrons. The van der Waals surface area contributed by atoms with Crippen molar-refractivity contribution in [3.63, 3.8) is 0 Å². The van der Waals surface area contributed by atoms with E-state index in [1.165, 1.54) is 31.3 Å². The van der Waals surface area contributed by atoms with E-state index in [0.29, 0.717) is 24.2 Å². The lowest BCUT2D eigenvalue weighted by Crippen LogP contribution is -2.44. The van der Waals surface area contributed by atoms with Crippen LogP contribution < -0.4 is 0 Å². The highest BCUT2D eigenvalue weighted by atomic mass is 16.4. The van der Waals surface area contributed by atoms with E-state index in [1.807, 2.05) is 0 Å². The van der Waals surface area contributed by atoms with Crippen molar-refractivity contribution in [1.29, 1.82) is 0 Å². The summed E-state index contributed by atoms with van der Waals surface area (Å²) < 4.78 is 0. The second kappa shape index (κ2) is 8.38. The molecule has 0 spiro atoms. The van der Waals surface area contributed by atoms with Crippen LogP contribution in [-0.2, 0) is 4.79 Å². The number of carboxylic acid groups (broad SMARTS) is 1. The molecule has 5 atom stereocenters. The second-order valence-electron chi connectivity index (χ2n) is 8.05. The fraction of sp³-hybridized carbons (Fsp3) is 0.762. The van der Waals surface area contributed by atoms with E-state index in [2.05, 4.69) is 17.9 Å². The van der Waals surface area contributed by atoms with Gasteiger partial charge in [-0.15, -0.1) is 0 Å². The predicted molar refractivity (Wildman–Crippen MR) is 95.6 cm³/mol. The molecule has 0 aromatic heterocycles. The number of hydrogen-bond acceptors (Lipinski definition) is 3. The highest BCUT2D eigenvalue weighted by Gasteiger charge is 2.46. The fourth-order valence-corrected chi connectivity index (χ4v) is 4.90. The van der Waals surface area contributed by atoms with E-state index in [4.69, 9.17) is 5.11 Å². The maximum Gasteiger partial charge on any atom is 0.303 e. The number of rotatable bonds is 5. The third kappa shape index (κ3) is 4.65. The van der Waals surface area contributed by atoms with Gasteiger partial charge in [0.05, 0.1) is 12.0 Å². The zero-order valence-corrected chi connectivity index (χ0v) is 14.9. The van der Waals surface area contributed by atoms with E-state index in [9.17, 15) is 15.0 Å². The number of carbonyl (C=O) groups is 1. The Bertz CT molecular complexity index is 564. The molecule has 0 aliphatic heterocycles. The van der Waals surface area contributed by atoms with E-state index >= 15 is 0 Å². The minimum absolute atomic E-state index is 0.0476. The molecule has 3 aliphatic rings. The molecule has 0 aromatic rings. The van der Waals surface area contributed by atoms with Crippen LogP contribution in [-0.4, -0.2) is 33.5 Å². The van der Waals surface area contributed by atoms with Crippen molar-refractivity contribution in [3.05, 3.63) is 11.6 Å². The molecule has 3 rings (SSSR count). The van der Waals surface area contributed by atoms with Crippen LogP contribution in [0.4, 0.5) is 0 Å². The quantitative estimate of drug-likeness (QED) is 0.528. The van der Waals surface area contributed by atoms with Gasteiger partial charge < -0.3 is 15.3 Å². The predicted octanol–water partition coefficient (Wildman–Crippen LogP) is 3.13. The van der Waals surface area contributed by atoms with Crippen LogP contribution in [0.3, 0.4) is 0 Å². The third-order valence-corrected chi connectivity index (χ3v) is 6.33. The third-order valence-electron chi connectivity index (χ3n) is 6.33. The number of aliphatic hydroxyl groups is 2. The molecule has 25 heavy (non-hydrogen) atoms. The van der Waals surface area contributed by atoms with E-state index < -0.39 is 18.2 Å². The lowest BCUT2D eigenvalue weighted by Gasteiger charge is -2.48. The molecule has 0 aromatic carbocycles. The minimum atomic E-state index is -0.758. The van der Waals surface area contributed by atoms with Crippen LogP contribution in [0, 0.1) is 35.5 Å². The van der Waals surface area contributed by atoms with Crippen LogP contribution in [0.25, 0.3) is 0 Å². The van der Waals surface area contributed by atoms with Crippen molar-refractivity contribution in [2.24, 2.45) is 23.7 Å². The van der Waals surface area contributed by atoms with Gasteiger partial charge in [-0.05, 0) is 49.9 Å². The molecule has 3 saturated carbocycles. The molecular weight excluding hydrogens is 316 g/mol. The second-order valence-corrected chi connectivity index (χ2v) is 8.05. The van der Waals surface area contributed by atoms with Crippen molar-refractivity contribution >= 4 is 5.97 Å². The lowest BCUT2D eigenvalue weighted by molar-refractivity contribution is -0.136. The van der Waals surface area contributed by atoms with Gasteiger partial charge in [0.1, 0.15) is 6.10 Å². The number of aliphatic hydroxyl groups excluding tert-OH is 2. The van der Waals surface area contributed by atoms with Crippen LogP contribution >= 0.6 is 0 Å². The highest BCUT2D eigenvalue weighted by Crippen LogP contribution is 2.51. The summed E-state index contributed by atoms with van der Waals surface area (Å²) in [6.45, 7) is 0. The Morgan fingerprint density at radius 3 is 2.72 bits per heavy atom. The minimum Gasteiger partial charge on any atom is -0.481 e. The topological polar surface area (TPSA) is 77.8 Å². The van der Waals surface area contributed by atoms with Crippen LogP contribution in [0.15, 0.2) is 11.6 Å². The fourth-order valence-electron chi connectivity index (χ4n) is 4.90. The van der Waals surface area contributed by atoms with Gasteiger partial charge in [0.15, 0.2) is 0 Å². The molecule has 3 fully saturated rings. The largest absolute Gasteiger partial charge is 0.481 e. The zero-order valence-electron chi connectivity index (χ0n) is 14.9. The number of allylic oxidation sites excluding steroid dienone is 2. The monoisotopic (exact) mass is 346 g/mol. The Morgan fingerprint density at radius 1 is 1.24 bits per heavy atom. The van der Waals surface area contributed by atoms with Gasteiger partial charge in [-0.2, -0.15) is 0 Å². The first-order chi connectivity index (χ1) is 12.0. The smallest absolute Gasteiger partial charge is 0.303 e. The summed E-state index contributed by atoms with van der Waals surface area (Å²) in [5.74, 6) is 6.84. The van der Waals surface area contributed by atoms with Crippen LogP contribution in [0.1, 0.15) is 64.2 Å². The van der Waals surface area contributed by atoms with Gasteiger partial charge in [-0.1, -0.05) is 49.2 Å². The summed E-state index contributed by atoms with van der Waals surface area (Å²) in [7, 11) is 0. The Labute approximate surface area is 150 Å². The van der Waals surface area contributed by atoms with E-state index in [1.54, 1.807) is 0 Å². The first kappa shape index (κ1) is 18.5. The van der Waals surface area contributed by atoms with Gasteiger partial charge in [0.25, 0.3) is 0 Å². The van der Waals surface area contributed by atoms with Gasteiger partial charge in [0.2, 0.25) is 0 Å². The summed E-state index contributed by atoms with van der Waals surface area (Å²) in [4.78, 5) is 10.6. The Kier molecular flexibility index (Phi) is 6.19. The first-order valence-corrected chi connectivity index (χ1v) is 9.82. The van der Waals surface area contributed by atoms with Crippen molar-refractivity contribution < 1.29 is 20.1 Å². The molecule has 3 aliphatic carbocycles. The molecule has 0 saturated heterocycles. The molecule has 3 N–H and O–H groups in total. The summed E-state index contributed by atoms with van der Waals surface area (Å²) in [6.07, 6.45) is 10.2. The molecule has 4 heteroatoms. The maximum atomic E-state index is 10.6. The average molecular weight is 346 g/mol. The number of fused-ring (bicyclic) bond motifs is 1. The molecule has 0 heterocycles. The van der Waals surface area contributed by atoms with Crippen molar-refractivity contribution in [3.8, 4) is 11.8 Å². The molecule has 0 amide bonds. The summed E-state index contributed by atoms with van der Waals surface area (Å²) in [6, 6.07) is 0. The van der Waals surface area contributed by atoms with Crippen molar-refractivity contribution in [2.45, 2.75) is 76.4 Å². The Morgan fingerprint density at radius 2 is 2.00 bits per heavy atom. The van der Waals surface area contributed by atoms with Gasteiger partial charge in [-0.25, -0.2) is 0 Å².